The van der Waals surface area contributed by atoms with E-state index in [1.807, 2.05) is 0 Å². The minimum absolute atomic E-state index is 0.0521. The highest BCUT2D eigenvalue weighted by Gasteiger charge is 2.74. The molecule has 0 N–H and O–H groups in total. The van der Waals surface area contributed by atoms with E-state index >= 15 is 0 Å². The summed E-state index contributed by atoms with van der Waals surface area (Å²) < 4.78 is 4.84. The SMILES string of the molecule is CC1OC(=O)C2(C)C(=O)C12. The van der Waals surface area contributed by atoms with E-state index < -0.39 is 5.41 Å². The quantitative estimate of drug-likeness (QED) is 0.355. The fourth-order valence-corrected chi connectivity index (χ4v) is 1.70. The van der Waals surface area contributed by atoms with Crippen LogP contribution >= 0.6 is 0 Å². The van der Waals surface area contributed by atoms with Crippen molar-refractivity contribution in [2.75, 3.05) is 0 Å². The molecular formula is C7H8O3. The highest BCUT2D eigenvalue weighted by molar-refractivity contribution is 6.21. The largest absolute Gasteiger partial charge is 0.461 e. The molecule has 1 saturated heterocycles. The van der Waals surface area contributed by atoms with Crippen molar-refractivity contribution in [1.82, 2.24) is 0 Å². The van der Waals surface area contributed by atoms with Crippen molar-refractivity contribution >= 4 is 11.8 Å². The number of rotatable bonds is 0. The standard InChI is InChI=1S/C7H8O3/c1-3-4-5(8)7(4,2)6(9)10-3/h3-4H,1-2H3. The first-order valence-corrected chi connectivity index (χ1v) is 3.34. The van der Waals surface area contributed by atoms with E-state index in [1.54, 1.807) is 13.8 Å². The zero-order valence-electron chi connectivity index (χ0n) is 5.88. The van der Waals surface area contributed by atoms with E-state index in [0.29, 0.717) is 0 Å². The predicted molar refractivity (Wildman–Crippen MR) is 32.2 cm³/mol. The lowest BCUT2D eigenvalue weighted by Gasteiger charge is -2.02. The second-order valence-electron chi connectivity index (χ2n) is 3.15. The van der Waals surface area contributed by atoms with Crippen LogP contribution in [0.25, 0.3) is 0 Å². The number of fused-ring (bicyclic) bond motifs is 1. The van der Waals surface area contributed by atoms with Gasteiger partial charge in [0.25, 0.3) is 0 Å². The monoisotopic (exact) mass is 140 g/mol. The average molecular weight is 140 g/mol. The maximum absolute atomic E-state index is 10.9. The van der Waals surface area contributed by atoms with Crippen LogP contribution in [0.5, 0.6) is 0 Å². The summed E-state index contributed by atoms with van der Waals surface area (Å²) in [5.74, 6) is -0.425. The van der Waals surface area contributed by atoms with Gasteiger partial charge < -0.3 is 4.74 Å². The van der Waals surface area contributed by atoms with Crippen molar-refractivity contribution in [3.05, 3.63) is 0 Å². The fourth-order valence-electron chi connectivity index (χ4n) is 1.70. The van der Waals surface area contributed by atoms with Gasteiger partial charge in [0, 0.05) is 0 Å². The molecule has 10 heavy (non-hydrogen) atoms. The molecule has 2 aliphatic rings. The zero-order valence-corrected chi connectivity index (χ0v) is 5.88. The number of carbonyl (C=O) groups excluding carboxylic acids is 2. The van der Waals surface area contributed by atoms with Gasteiger partial charge in [-0.1, -0.05) is 0 Å². The van der Waals surface area contributed by atoms with Crippen LogP contribution in [-0.4, -0.2) is 17.9 Å². The Morgan fingerprint density at radius 3 is 2.30 bits per heavy atom. The van der Waals surface area contributed by atoms with Gasteiger partial charge in [-0.2, -0.15) is 0 Å². The summed E-state index contributed by atoms with van der Waals surface area (Å²) in [4.78, 5) is 21.9. The molecule has 0 radical (unpaired) electrons. The molecule has 1 saturated carbocycles. The molecule has 3 unspecified atom stereocenters. The van der Waals surface area contributed by atoms with E-state index in [9.17, 15) is 9.59 Å². The zero-order chi connectivity index (χ0) is 7.52. The van der Waals surface area contributed by atoms with Crippen molar-refractivity contribution in [3.63, 3.8) is 0 Å². The molecule has 1 aliphatic carbocycles. The first-order chi connectivity index (χ1) is 4.58. The van der Waals surface area contributed by atoms with Crippen molar-refractivity contribution in [1.29, 1.82) is 0 Å². The molecule has 1 aliphatic heterocycles. The first-order valence-electron chi connectivity index (χ1n) is 3.34. The topological polar surface area (TPSA) is 43.4 Å². The summed E-state index contributed by atoms with van der Waals surface area (Å²) in [5.41, 5.74) is -0.751. The van der Waals surface area contributed by atoms with Gasteiger partial charge in [0.2, 0.25) is 0 Å². The van der Waals surface area contributed by atoms with Crippen molar-refractivity contribution in [3.8, 4) is 0 Å². The van der Waals surface area contributed by atoms with Crippen LogP contribution < -0.4 is 0 Å². The number of cyclic esters (lactones) is 1. The summed E-state index contributed by atoms with van der Waals surface area (Å²) >= 11 is 0. The highest BCUT2D eigenvalue weighted by atomic mass is 16.6. The molecule has 0 spiro atoms. The molecule has 3 heteroatoms. The molecule has 1 heterocycles. The summed E-state index contributed by atoms with van der Waals surface area (Å²) in [6, 6.07) is 0. The number of esters is 1. The number of Topliss-reactive ketones (excluding diaryl/α,β-unsaturated/α-hetero) is 1. The normalized spacial score (nSPS) is 50.6. The van der Waals surface area contributed by atoms with E-state index in [4.69, 9.17) is 4.74 Å². The third-order valence-electron chi connectivity index (χ3n) is 2.52. The Bertz CT molecular complexity index is 233. The van der Waals surface area contributed by atoms with E-state index in [1.165, 1.54) is 0 Å². The molecule has 54 valence electrons. The first kappa shape index (κ1) is 5.89. The van der Waals surface area contributed by atoms with E-state index in [-0.39, 0.29) is 23.8 Å². The van der Waals surface area contributed by atoms with Crippen LogP contribution in [0, 0.1) is 11.3 Å². The molecule has 3 nitrogen and oxygen atoms in total. The Labute approximate surface area is 58.4 Å². The Morgan fingerprint density at radius 2 is 2.10 bits per heavy atom. The van der Waals surface area contributed by atoms with Gasteiger partial charge in [0.15, 0.2) is 5.78 Å². The van der Waals surface area contributed by atoms with E-state index in [2.05, 4.69) is 0 Å². The summed E-state index contributed by atoms with van der Waals surface area (Å²) in [6.45, 7) is 3.42. The number of carbonyl (C=O) groups is 2. The molecule has 0 aromatic heterocycles. The van der Waals surface area contributed by atoms with Crippen LogP contribution in [0.3, 0.4) is 0 Å². The van der Waals surface area contributed by atoms with Gasteiger partial charge in [0.05, 0.1) is 5.92 Å². The maximum Gasteiger partial charge on any atom is 0.320 e. The lowest BCUT2D eigenvalue weighted by molar-refractivity contribution is -0.149. The lowest BCUT2D eigenvalue weighted by Crippen LogP contribution is -2.16. The molecule has 2 rings (SSSR count). The van der Waals surface area contributed by atoms with Gasteiger partial charge in [-0.25, -0.2) is 0 Å². The number of ether oxygens (including phenoxy) is 1. The summed E-state index contributed by atoms with van der Waals surface area (Å²) in [6.07, 6.45) is -0.190. The second kappa shape index (κ2) is 1.26. The third kappa shape index (κ3) is 0.365. The third-order valence-corrected chi connectivity index (χ3v) is 2.52. The van der Waals surface area contributed by atoms with Gasteiger partial charge in [-0.3, -0.25) is 9.59 Å². The van der Waals surface area contributed by atoms with Crippen LogP contribution in [0.1, 0.15) is 13.8 Å². The second-order valence-corrected chi connectivity index (χ2v) is 3.15. The minimum Gasteiger partial charge on any atom is -0.461 e. The van der Waals surface area contributed by atoms with Crippen molar-refractivity contribution in [2.24, 2.45) is 11.3 Å². The molecule has 2 fully saturated rings. The maximum atomic E-state index is 10.9. The van der Waals surface area contributed by atoms with E-state index in [0.717, 1.165) is 0 Å². The molecule has 0 aromatic rings. The molecular weight excluding hydrogens is 132 g/mol. The van der Waals surface area contributed by atoms with Gasteiger partial charge >= 0.3 is 5.97 Å². The van der Waals surface area contributed by atoms with Gasteiger partial charge in [0.1, 0.15) is 11.5 Å². The Morgan fingerprint density at radius 1 is 1.50 bits per heavy atom. The number of ketones is 1. The minimum atomic E-state index is -0.751. The Kier molecular flexibility index (Phi) is 0.743. The number of hydrogen-bond donors (Lipinski definition) is 0. The lowest BCUT2D eigenvalue weighted by atomic mass is 10.1. The van der Waals surface area contributed by atoms with Crippen LogP contribution in [-0.2, 0) is 14.3 Å². The average Bonchev–Trinajstić information content (AvgIpc) is 2.28. The molecule has 0 aromatic carbocycles. The Hall–Kier alpha value is -0.860. The molecule has 0 bridgehead atoms. The predicted octanol–water partition coefficient (Wildman–Crippen LogP) is 0.137. The van der Waals surface area contributed by atoms with Crippen molar-refractivity contribution in [2.45, 2.75) is 20.0 Å². The molecule has 3 atom stereocenters. The number of hydrogen-bond acceptors (Lipinski definition) is 3. The van der Waals surface area contributed by atoms with Gasteiger partial charge in [-0.15, -0.1) is 0 Å². The smallest absolute Gasteiger partial charge is 0.320 e. The summed E-state index contributed by atoms with van der Waals surface area (Å²) in [5, 5.41) is 0. The van der Waals surface area contributed by atoms with Gasteiger partial charge in [-0.05, 0) is 13.8 Å². The highest BCUT2D eigenvalue weighted by Crippen LogP contribution is 2.56. The molecule has 0 amide bonds. The fraction of sp³-hybridized carbons (Fsp3) is 0.714. The van der Waals surface area contributed by atoms with Crippen LogP contribution in [0.15, 0.2) is 0 Å². The van der Waals surface area contributed by atoms with Crippen LogP contribution in [0.2, 0.25) is 0 Å². The summed E-state index contributed by atoms with van der Waals surface area (Å²) in [7, 11) is 0. The van der Waals surface area contributed by atoms with Crippen LogP contribution in [0.4, 0.5) is 0 Å². The van der Waals surface area contributed by atoms with Crippen molar-refractivity contribution < 1.29 is 14.3 Å². The Balaban J connectivity index is 2.40.